The van der Waals surface area contributed by atoms with E-state index in [0.717, 1.165) is 0 Å². The lowest BCUT2D eigenvalue weighted by Gasteiger charge is -2.13. The van der Waals surface area contributed by atoms with Crippen molar-refractivity contribution < 1.29 is 19.5 Å². The minimum absolute atomic E-state index is 0.211. The number of carbonyl (C=O) groups is 3. The average molecular weight is 259 g/mol. The molecule has 0 saturated carbocycles. The fraction of sp³-hybridized carbons (Fsp3) is 0.727. The number of carboxylic acid groups (broad SMARTS) is 1. The number of aliphatic carboxylic acids is 1. The maximum atomic E-state index is 11.4. The summed E-state index contributed by atoms with van der Waals surface area (Å²) in [5.74, 6) is -2.42. The van der Waals surface area contributed by atoms with Crippen LogP contribution in [0.1, 0.15) is 33.1 Å². The highest BCUT2D eigenvalue weighted by atomic mass is 16.4. The van der Waals surface area contributed by atoms with Crippen molar-refractivity contribution in [3.8, 4) is 0 Å². The second kappa shape index (κ2) is 8.46. The van der Waals surface area contributed by atoms with Crippen LogP contribution in [0.25, 0.3) is 0 Å². The Morgan fingerprint density at radius 3 is 2.33 bits per heavy atom. The van der Waals surface area contributed by atoms with Crippen LogP contribution >= 0.6 is 0 Å². The molecule has 1 atom stereocenters. The quantitative estimate of drug-likeness (QED) is 0.404. The SMILES string of the molecule is CC(C)NCCCC(=O)NC(CC(N)=O)C(=O)O. The molecule has 0 fully saturated rings. The Hall–Kier alpha value is -1.63. The standard InChI is InChI=1S/C11H21N3O4/c1-7(2)13-5-3-4-10(16)14-8(11(17)18)6-9(12)15/h7-8,13H,3-6H2,1-2H3,(H2,12,15)(H,14,16)(H,17,18). The van der Waals surface area contributed by atoms with E-state index in [2.05, 4.69) is 10.6 Å². The third-order valence-electron chi connectivity index (χ3n) is 2.17. The molecule has 0 rings (SSSR count). The summed E-state index contributed by atoms with van der Waals surface area (Å²) in [6.45, 7) is 4.67. The largest absolute Gasteiger partial charge is 0.480 e. The van der Waals surface area contributed by atoms with Crippen LogP contribution in [0.4, 0.5) is 0 Å². The molecular formula is C11H21N3O4. The summed E-state index contributed by atoms with van der Waals surface area (Å²) in [7, 11) is 0. The zero-order valence-electron chi connectivity index (χ0n) is 10.7. The highest BCUT2D eigenvalue weighted by molar-refractivity contribution is 5.88. The van der Waals surface area contributed by atoms with Gasteiger partial charge in [-0.1, -0.05) is 13.8 Å². The molecule has 0 aliphatic carbocycles. The summed E-state index contributed by atoms with van der Waals surface area (Å²) in [5.41, 5.74) is 4.90. The van der Waals surface area contributed by atoms with E-state index < -0.39 is 30.2 Å². The lowest BCUT2D eigenvalue weighted by atomic mass is 10.2. The van der Waals surface area contributed by atoms with Gasteiger partial charge < -0.3 is 21.5 Å². The number of carboxylic acids is 1. The minimum atomic E-state index is -1.26. The van der Waals surface area contributed by atoms with Gasteiger partial charge in [0.2, 0.25) is 11.8 Å². The number of rotatable bonds is 9. The van der Waals surface area contributed by atoms with Crippen LogP contribution in [0.2, 0.25) is 0 Å². The second-order valence-corrected chi connectivity index (χ2v) is 4.34. The third-order valence-corrected chi connectivity index (χ3v) is 2.17. The smallest absolute Gasteiger partial charge is 0.326 e. The highest BCUT2D eigenvalue weighted by Gasteiger charge is 2.21. The van der Waals surface area contributed by atoms with E-state index in [1.807, 2.05) is 13.8 Å². The fourth-order valence-corrected chi connectivity index (χ4v) is 1.31. The number of nitrogens with two attached hydrogens (primary N) is 1. The van der Waals surface area contributed by atoms with E-state index in [0.29, 0.717) is 19.0 Å². The average Bonchev–Trinajstić information content (AvgIpc) is 2.22. The number of primary amides is 1. The predicted octanol–water partition coefficient (Wildman–Crippen LogP) is -0.791. The number of hydrogen-bond donors (Lipinski definition) is 4. The molecule has 0 saturated heterocycles. The van der Waals surface area contributed by atoms with E-state index in [4.69, 9.17) is 10.8 Å². The molecule has 0 radical (unpaired) electrons. The van der Waals surface area contributed by atoms with Gasteiger partial charge in [-0.25, -0.2) is 4.79 Å². The van der Waals surface area contributed by atoms with Gasteiger partial charge in [0.15, 0.2) is 0 Å². The normalized spacial score (nSPS) is 12.2. The van der Waals surface area contributed by atoms with Crippen LogP contribution in [-0.2, 0) is 14.4 Å². The van der Waals surface area contributed by atoms with Crippen molar-refractivity contribution in [3.05, 3.63) is 0 Å². The summed E-state index contributed by atoms with van der Waals surface area (Å²) >= 11 is 0. The molecule has 7 nitrogen and oxygen atoms in total. The maximum absolute atomic E-state index is 11.4. The number of nitrogens with one attached hydrogen (secondary N) is 2. The minimum Gasteiger partial charge on any atom is -0.480 e. The van der Waals surface area contributed by atoms with Gasteiger partial charge in [0.25, 0.3) is 0 Å². The molecule has 0 aromatic heterocycles. The molecule has 18 heavy (non-hydrogen) atoms. The molecule has 2 amide bonds. The van der Waals surface area contributed by atoms with Crippen LogP contribution in [0.5, 0.6) is 0 Å². The van der Waals surface area contributed by atoms with Gasteiger partial charge in [0.05, 0.1) is 6.42 Å². The van der Waals surface area contributed by atoms with E-state index in [1.165, 1.54) is 0 Å². The van der Waals surface area contributed by atoms with Crippen LogP contribution in [0, 0.1) is 0 Å². The van der Waals surface area contributed by atoms with Crippen LogP contribution < -0.4 is 16.4 Å². The number of carbonyl (C=O) groups excluding carboxylic acids is 2. The van der Waals surface area contributed by atoms with Crippen molar-refractivity contribution in [3.63, 3.8) is 0 Å². The number of hydrogen-bond acceptors (Lipinski definition) is 4. The van der Waals surface area contributed by atoms with Gasteiger partial charge in [0.1, 0.15) is 6.04 Å². The lowest BCUT2D eigenvalue weighted by Crippen LogP contribution is -2.43. The molecular weight excluding hydrogens is 238 g/mol. The Kier molecular flexibility index (Phi) is 7.69. The Labute approximate surface area is 106 Å². The van der Waals surface area contributed by atoms with Crippen molar-refractivity contribution in [2.24, 2.45) is 5.73 Å². The van der Waals surface area contributed by atoms with Crippen molar-refractivity contribution in [2.75, 3.05) is 6.54 Å². The second-order valence-electron chi connectivity index (χ2n) is 4.34. The van der Waals surface area contributed by atoms with E-state index in [-0.39, 0.29) is 6.42 Å². The summed E-state index contributed by atoms with van der Waals surface area (Å²) in [6.07, 6.45) is 0.417. The molecule has 0 aromatic rings. The van der Waals surface area contributed by atoms with Gasteiger partial charge in [-0.15, -0.1) is 0 Å². The molecule has 0 bridgehead atoms. The highest BCUT2D eigenvalue weighted by Crippen LogP contribution is 1.95. The zero-order valence-corrected chi connectivity index (χ0v) is 10.7. The topological polar surface area (TPSA) is 122 Å². The van der Waals surface area contributed by atoms with Crippen molar-refractivity contribution in [2.45, 2.75) is 45.2 Å². The first-order chi connectivity index (χ1) is 8.32. The lowest BCUT2D eigenvalue weighted by molar-refractivity contribution is -0.143. The van der Waals surface area contributed by atoms with E-state index in [9.17, 15) is 14.4 Å². The van der Waals surface area contributed by atoms with Gasteiger partial charge in [-0.3, -0.25) is 9.59 Å². The van der Waals surface area contributed by atoms with Gasteiger partial charge >= 0.3 is 5.97 Å². The third kappa shape index (κ3) is 8.51. The first kappa shape index (κ1) is 16.4. The molecule has 0 aromatic carbocycles. The Bertz CT molecular complexity index is 305. The van der Waals surface area contributed by atoms with Gasteiger partial charge in [-0.2, -0.15) is 0 Å². The number of amides is 2. The summed E-state index contributed by atoms with van der Waals surface area (Å²) in [6, 6.07) is -0.900. The van der Waals surface area contributed by atoms with Gasteiger partial charge in [0, 0.05) is 12.5 Å². The molecule has 0 aliphatic rings. The molecule has 7 heteroatoms. The van der Waals surface area contributed by atoms with Crippen molar-refractivity contribution in [1.82, 2.24) is 10.6 Å². The fourth-order valence-electron chi connectivity index (χ4n) is 1.31. The zero-order chi connectivity index (χ0) is 14.1. The first-order valence-corrected chi connectivity index (χ1v) is 5.86. The molecule has 104 valence electrons. The maximum Gasteiger partial charge on any atom is 0.326 e. The molecule has 0 spiro atoms. The Balaban J connectivity index is 3.95. The van der Waals surface area contributed by atoms with E-state index in [1.54, 1.807) is 0 Å². The van der Waals surface area contributed by atoms with Crippen LogP contribution in [0.15, 0.2) is 0 Å². The van der Waals surface area contributed by atoms with Crippen LogP contribution in [0.3, 0.4) is 0 Å². The summed E-state index contributed by atoms with van der Waals surface area (Å²) in [4.78, 5) is 32.8. The molecule has 0 heterocycles. The Morgan fingerprint density at radius 1 is 1.28 bits per heavy atom. The molecule has 1 unspecified atom stereocenters. The molecule has 0 aliphatic heterocycles. The Morgan fingerprint density at radius 2 is 1.89 bits per heavy atom. The summed E-state index contributed by atoms with van der Waals surface area (Å²) in [5, 5.41) is 14.2. The van der Waals surface area contributed by atoms with Crippen LogP contribution in [-0.4, -0.2) is 41.5 Å². The molecule has 5 N–H and O–H groups in total. The monoisotopic (exact) mass is 259 g/mol. The van der Waals surface area contributed by atoms with E-state index >= 15 is 0 Å². The van der Waals surface area contributed by atoms with Crippen molar-refractivity contribution in [1.29, 1.82) is 0 Å². The first-order valence-electron chi connectivity index (χ1n) is 5.86. The summed E-state index contributed by atoms with van der Waals surface area (Å²) < 4.78 is 0. The predicted molar refractivity (Wildman–Crippen MR) is 65.8 cm³/mol. The van der Waals surface area contributed by atoms with Gasteiger partial charge in [-0.05, 0) is 13.0 Å². The van der Waals surface area contributed by atoms with Crippen molar-refractivity contribution >= 4 is 17.8 Å².